The molecule has 0 aromatic heterocycles. The average molecular weight is 467 g/mol. The van der Waals surface area contributed by atoms with Gasteiger partial charge in [0.25, 0.3) is 0 Å². The number of rotatable bonds is 3. The van der Waals surface area contributed by atoms with Crippen LogP contribution in [-0.4, -0.2) is 23.6 Å². The predicted octanol–water partition coefficient (Wildman–Crippen LogP) is 1.99. The molecule has 1 N–H and O–H groups in total. The molecule has 3 saturated carbocycles. The van der Waals surface area contributed by atoms with E-state index in [9.17, 15) is 15.0 Å². The number of fused-ring (bicyclic) bond motifs is 3. The molecule has 0 spiro atoms. The van der Waals surface area contributed by atoms with Crippen molar-refractivity contribution in [2.45, 2.75) is 106 Å². The van der Waals surface area contributed by atoms with E-state index >= 15 is 0 Å². The van der Waals surface area contributed by atoms with Gasteiger partial charge >= 0.3 is 58.2 Å². The molecule has 3 nitrogen and oxygen atoms in total. The van der Waals surface area contributed by atoms with Gasteiger partial charge in [0.1, 0.15) is 5.78 Å². The fourth-order valence-corrected chi connectivity index (χ4v) is 6.82. The third kappa shape index (κ3) is 5.41. The maximum atomic E-state index is 12.3. The number of aliphatic hydroxyl groups is 1. The molecule has 3 aliphatic carbocycles. The Hall–Kier alpha value is 1.40. The van der Waals surface area contributed by atoms with Crippen molar-refractivity contribution in [1.29, 1.82) is 0 Å². The fraction of sp³-hybridized carbons (Fsp3) is 0.958. The molecule has 0 heterocycles. The van der Waals surface area contributed by atoms with Crippen LogP contribution in [0.4, 0.5) is 0 Å². The van der Waals surface area contributed by atoms with Gasteiger partial charge in [-0.15, -0.1) is 6.61 Å². The minimum atomic E-state index is -0.204. The third-order valence-electron chi connectivity index (χ3n) is 8.24. The smallest absolute Gasteiger partial charge is 0.854 e. The Morgan fingerprint density at radius 2 is 1.68 bits per heavy atom. The van der Waals surface area contributed by atoms with Gasteiger partial charge in [-0.1, -0.05) is 48.0 Å². The number of aliphatic hydroxyl groups excluding tert-OH is 1. The first-order chi connectivity index (χ1) is 12.9. The van der Waals surface area contributed by atoms with Gasteiger partial charge in [0.15, 0.2) is 0 Å². The molecule has 0 radical (unpaired) electrons. The molecule has 7 atom stereocenters. The van der Waals surface area contributed by atoms with Crippen LogP contribution in [0.1, 0.15) is 99.8 Å². The largest absolute Gasteiger partial charge is 1.00 e. The van der Waals surface area contributed by atoms with Crippen molar-refractivity contribution in [2.75, 3.05) is 6.61 Å². The summed E-state index contributed by atoms with van der Waals surface area (Å²) in [6.07, 6.45) is 7.55. The average Bonchev–Trinajstić information content (AvgIpc) is 2.70. The Labute approximate surface area is 223 Å². The van der Waals surface area contributed by atoms with Crippen molar-refractivity contribution in [1.82, 2.24) is 0 Å². The number of hydrogen-bond acceptors (Lipinski definition) is 3. The van der Waals surface area contributed by atoms with E-state index in [1.807, 2.05) is 27.7 Å². The van der Waals surface area contributed by atoms with Crippen molar-refractivity contribution in [2.24, 2.45) is 34.5 Å². The van der Waals surface area contributed by atoms with Crippen LogP contribution in [0.25, 0.3) is 0 Å². The standard InChI is InChI=1S/C20H33O3.2C2H6.Rb/c1-4-17-16-6-5-14-11-15(23)7-10-20(14,12-21)18(16)8-9-19(17,3)13(2)22;2*1-2;/h14-18,23H,4-12H2,1-3H3;2*1-2H3;/q-1;;;+1/t14?,15?,16?,17-,18-,19?,20?;;;/m0.../s1. The Morgan fingerprint density at radius 3 is 2.18 bits per heavy atom. The molecule has 0 saturated heterocycles. The molecule has 160 valence electrons. The van der Waals surface area contributed by atoms with Crippen molar-refractivity contribution < 1.29 is 73.2 Å². The van der Waals surface area contributed by atoms with Gasteiger partial charge in [-0.3, -0.25) is 4.79 Å². The predicted molar refractivity (Wildman–Crippen MR) is 111 cm³/mol. The van der Waals surface area contributed by atoms with Crippen molar-refractivity contribution >= 4 is 5.78 Å². The monoisotopic (exact) mass is 466 g/mol. The summed E-state index contributed by atoms with van der Waals surface area (Å²) in [6.45, 7) is 14.2. The van der Waals surface area contributed by atoms with Gasteiger partial charge in [-0.25, -0.2) is 0 Å². The quantitative estimate of drug-likeness (QED) is 0.692. The van der Waals surface area contributed by atoms with Gasteiger partial charge in [-0.05, 0) is 81.0 Å². The molecule has 0 amide bonds. The summed E-state index contributed by atoms with van der Waals surface area (Å²) in [6, 6.07) is 0. The number of hydrogen-bond donors (Lipinski definition) is 1. The molecule has 0 aliphatic heterocycles. The van der Waals surface area contributed by atoms with E-state index in [1.54, 1.807) is 6.92 Å². The second-order valence-corrected chi connectivity index (χ2v) is 8.88. The molecular weight excluding hydrogens is 422 g/mol. The maximum absolute atomic E-state index is 12.3. The first-order valence-corrected chi connectivity index (χ1v) is 11.7. The maximum Gasteiger partial charge on any atom is 1.00 e. The number of carbonyl (C=O) groups is 1. The molecule has 0 bridgehead atoms. The first kappa shape index (κ1) is 29.4. The van der Waals surface area contributed by atoms with Crippen LogP contribution in [-0.2, 0) is 4.79 Å². The van der Waals surface area contributed by atoms with Gasteiger partial charge in [0.2, 0.25) is 0 Å². The Balaban J connectivity index is 0.00000137. The van der Waals surface area contributed by atoms with Crippen LogP contribution in [0.5, 0.6) is 0 Å². The molecule has 4 heteroatoms. The zero-order valence-electron chi connectivity index (χ0n) is 20.0. The van der Waals surface area contributed by atoms with E-state index in [2.05, 4.69) is 13.8 Å². The van der Waals surface area contributed by atoms with E-state index in [1.165, 1.54) is 0 Å². The van der Waals surface area contributed by atoms with E-state index in [0.717, 1.165) is 51.4 Å². The minimum absolute atomic E-state index is 0. The Bertz CT molecular complexity index is 469. The SMILES string of the molecule is CC.CC.CC[C@H]1C2CCC3CC(O)CCC3(C[O-])[C@H]2CCC1(C)C(C)=O.[Rb+]. The summed E-state index contributed by atoms with van der Waals surface area (Å²) in [5.74, 6) is 2.17. The molecule has 3 rings (SSSR count). The second kappa shape index (κ2) is 13.1. The summed E-state index contributed by atoms with van der Waals surface area (Å²) in [5, 5.41) is 22.4. The van der Waals surface area contributed by atoms with Crippen molar-refractivity contribution in [3.8, 4) is 0 Å². The van der Waals surface area contributed by atoms with Gasteiger partial charge in [0, 0.05) is 5.41 Å². The molecule has 5 unspecified atom stereocenters. The zero-order chi connectivity index (χ0) is 20.8. The number of Topliss-reactive ketones (excluding diaryl/α,β-unsaturated/α-hetero) is 1. The third-order valence-corrected chi connectivity index (χ3v) is 8.24. The van der Waals surface area contributed by atoms with E-state index in [4.69, 9.17) is 0 Å². The summed E-state index contributed by atoms with van der Waals surface area (Å²) in [4.78, 5) is 12.3. The minimum Gasteiger partial charge on any atom is -0.854 e. The summed E-state index contributed by atoms with van der Waals surface area (Å²) in [7, 11) is 0. The zero-order valence-corrected chi connectivity index (χ0v) is 24.9. The Morgan fingerprint density at radius 1 is 1.07 bits per heavy atom. The summed E-state index contributed by atoms with van der Waals surface area (Å²) >= 11 is 0. The summed E-state index contributed by atoms with van der Waals surface area (Å²) in [5.41, 5.74) is -0.297. The van der Waals surface area contributed by atoms with Crippen LogP contribution >= 0.6 is 0 Å². The van der Waals surface area contributed by atoms with Gasteiger partial charge in [-0.2, -0.15) is 0 Å². The van der Waals surface area contributed by atoms with Crippen LogP contribution in [0.2, 0.25) is 0 Å². The molecular formula is C24H45O3Rb. The van der Waals surface area contributed by atoms with E-state index in [0.29, 0.717) is 29.5 Å². The van der Waals surface area contributed by atoms with Crippen LogP contribution < -0.4 is 63.3 Å². The van der Waals surface area contributed by atoms with E-state index < -0.39 is 0 Å². The van der Waals surface area contributed by atoms with E-state index in [-0.39, 0.29) is 81.7 Å². The summed E-state index contributed by atoms with van der Waals surface area (Å²) < 4.78 is 0. The fourth-order valence-electron chi connectivity index (χ4n) is 6.82. The molecule has 0 aromatic carbocycles. The molecule has 0 aromatic rings. The molecule has 28 heavy (non-hydrogen) atoms. The van der Waals surface area contributed by atoms with Gasteiger partial charge < -0.3 is 10.2 Å². The Kier molecular flexibility index (Phi) is 13.7. The topological polar surface area (TPSA) is 60.4 Å². The molecule has 3 aliphatic rings. The van der Waals surface area contributed by atoms with Crippen molar-refractivity contribution in [3.63, 3.8) is 0 Å². The molecule has 3 fully saturated rings. The van der Waals surface area contributed by atoms with Crippen molar-refractivity contribution in [3.05, 3.63) is 0 Å². The van der Waals surface area contributed by atoms with Crippen LogP contribution in [0.15, 0.2) is 0 Å². The number of ketones is 1. The second-order valence-electron chi connectivity index (χ2n) is 8.88. The van der Waals surface area contributed by atoms with Crippen LogP contribution in [0, 0.1) is 34.5 Å². The van der Waals surface area contributed by atoms with Gasteiger partial charge in [0.05, 0.1) is 6.10 Å². The number of carbonyl (C=O) groups excluding carboxylic acids is 1. The van der Waals surface area contributed by atoms with Crippen LogP contribution in [0.3, 0.4) is 0 Å². The first-order valence-electron chi connectivity index (χ1n) is 11.7. The normalized spacial score (nSPS) is 41.5.